The number of tetrazole rings is 1. The van der Waals surface area contributed by atoms with Crippen LogP contribution < -0.4 is 0 Å². The third kappa shape index (κ3) is 3.13. The highest BCUT2D eigenvalue weighted by Crippen LogP contribution is 2.08. The fraction of sp³-hybridized carbons (Fsp3) is 0.333. The van der Waals surface area contributed by atoms with Crippen molar-refractivity contribution in [2.75, 3.05) is 0 Å². The molecule has 94 valence electrons. The zero-order chi connectivity index (χ0) is 13.0. The van der Waals surface area contributed by atoms with Gasteiger partial charge in [-0.1, -0.05) is 31.2 Å². The van der Waals surface area contributed by atoms with Crippen molar-refractivity contribution in [2.45, 2.75) is 26.3 Å². The van der Waals surface area contributed by atoms with Gasteiger partial charge in [0.1, 0.15) is 0 Å². The molecule has 2 aromatic rings. The van der Waals surface area contributed by atoms with E-state index in [2.05, 4.69) is 34.5 Å². The molecule has 0 unspecified atom stereocenters. The summed E-state index contributed by atoms with van der Waals surface area (Å²) in [5.41, 5.74) is 2.36. The second kappa shape index (κ2) is 5.39. The molecule has 0 bridgehead atoms. The molecule has 1 aromatic carbocycles. The minimum absolute atomic E-state index is 0.262. The molecule has 0 fully saturated rings. The first-order chi connectivity index (χ1) is 8.67. The van der Waals surface area contributed by atoms with E-state index in [1.807, 2.05) is 12.1 Å². The van der Waals surface area contributed by atoms with E-state index in [1.54, 1.807) is 0 Å². The Morgan fingerprint density at radius 3 is 2.56 bits per heavy atom. The first-order valence-electron chi connectivity index (χ1n) is 5.73. The number of aliphatic carboxylic acids is 1. The van der Waals surface area contributed by atoms with Crippen LogP contribution in [-0.2, 0) is 24.2 Å². The Bertz CT molecular complexity index is 533. The standard InChI is InChI=1S/C12H14N4O2/c1-2-9-3-5-10(6-4-9)7-11-13-15-16(14-11)8-12(17)18/h3-6H,2,7-8H2,1H3,(H,17,18). The molecular weight excluding hydrogens is 232 g/mol. The predicted octanol–water partition coefficient (Wildman–Crippen LogP) is 0.911. The van der Waals surface area contributed by atoms with Crippen LogP contribution in [0.25, 0.3) is 0 Å². The maximum atomic E-state index is 10.5. The van der Waals surface area contributed by atoms with E-state index in [4.69, 9.17) is 5.11 Å². The lowest BCUT2D eigenvalue weighted by Gasteiger charge is -1.99. The number of carboxylic acid groups (broad SMARTS) is 1. The Labute approximate surface area is 104 Å². The zero-order valence-electron chi connectivity index (χ0n) is 10.1. The quantitative estimate of drug-likeness (QED) is 0.848. The van der Waals surface area contributed by atoms with Gasteiger partial charge < -0.3 is 5.11 Å². The van der Waals surface area contributed by atoms with Crippen LogP contribution in [0.2, 0.25) is 0 Å². The molecule has 0 atom stereocenters. The highest BCUT2D eigenvalue weighted by atomic mass is 16.4. The molecule has 0 radical (unpaired) electrons. The average Bonchev–Trinajstić information content (AvgIpc) is 2.76. The van der Waals surface area contributed by atoms with E-state index in [0.717, 1.165) is 16.8 Å². The van der Waals surface area contributed by atoms with Crippen molar-refractivity contribution in [3.05, 3.63) is 41.2 Å². The number of rotatable bonds is 5. The molecule has 0 aliphatic rings. The van der Waals surface area contributed by atoms with E-state index in [9.17, 15) is 4.79 Å². The van der Waals surface area contributed by atoms with Gasteiger partial charge in [-0.3, -0.25) is 4.79 Å². The largest absolute Gasteiger partial charge is 0.480 e. The van der Waals surface area contributed by atoms with E-state index in [-0.39, 0.29) is 6.54 Å². The van der Waals surface area contributed by atoms with Crippen LogP contribution in [0.4, 0.5) is 0 Å². The lowest BCUT2D eigenvalue weighted by Crippen LogP contribution is -2.11. The van der Waals surface area contributed by atoms with Gasteiger partial charge in [0.25, 0.3) is 0 Å². The molecule has 2 rings (SSSR count). The molecule has 1 N–H and O–H groups in total. The summed E-state index contributed by atoms with van der Waals surface area (Å²) in [6.45, 7) is 1.84. The molecule has 0 aliphatic heterocycles. The Hall–Kier alpha value is -2.24. The maximum absolute atomic E-state index is 10.5. The number of carbonyl (C=O) groups is 1. The van der Waals surface area contributed by atoms with Gasteiger partial charge in [0, 0.05) is 6.42 Å². The van der Waals surface area contributed by atoms with Crippen molar-refractivity contribution in [3.8, 4) is 0 Å². The summed E-state index contributed by atoms with van der Waals surface area (Å²) in [5.74, 6) is -0.452. The molecule has 0 saturated carbocycles. The van der Waals surface area contributed by atoms with Crippen molar-refractivity contribution in [2.24, 2.45) is 0 Å². The van der Waals surface area contributed by atoms with E-state index >= 15 is 0 Å². The van der Waals surface area contributed by atoms with Crippen LogP contribution in [0.1, 0.15) is 23.9 Å². The molecular formula is C12H14N4O2. The molecule has 0 aliphatic carbocycles. The number of hydrogen-bond donors (Lipinski definition) is 1. The van der Waals surface area contributed by atoms with E-state index in [0.29, 0.717) is 12.2 Å². The van der Waals surface area contributed by atoms with Crippen molar-refractivity contribution in [1.82, 2.24) is 20.2 Å². The van der Waals surface area contributed by atoms with Crippen molar-refractivity contribution in [3.63, 3.8) is 0 Å². The Balaban J connectivity index is 2.03. The molecule has 0 amide bonds. The summed E-state index contributed by atoms with van der Waals surface area (Å²) in [4.78, 5) is 11.6. The van der Waals surface area contributed by atoms with Crippen LogP contribution in [0.5, 0.6) is 0 Å². The Morgan fingerprint density at radius 2 is 1.94 bits per heavy atom. The lowest BCUT2D eigenvalue weighted by molar-refractivity contribution is -0.138. The summed E-state index contributed by atoms with van der Waals surface area (Å²) in [7, 11) is 0. The van der Waals surface area contributed by atoms with Crippen LogP contribution in [0.15, 0.2) is 24.3 Å². The van der Waals surface area contributed by atoms with Crippen LogP contribution >= 0.6 is 0 Å². The number of benzene rings is 1. The highest BCUT2D eigenvalue weighted by Gasteiger charge is 2.06. The first-order valence-corrected chi connectivity index (χ1v) is 5.73. The van der Waals surface area contributed by atoms with Crippen molar-refractivity contribution < 1.29 is 9.90 Å². The van der Waals surface area contributed by atoms with Gasteiger partial charge in [-0.15, -0.1) is 10.2 Å². The van der Waals surface area contributed by atoms with E-state index in [1.165, 1.54) is 5.56 Å². The SMILES string of the molecule is CCc1ccc(Cc2nnn(CC(=O)O)n2)cc1. The lowest BCUT2D eigenvalue weighted by atomic mass is 10.1. The van der Waals surface area contributed by atoms with Gasteiger partial charge in [0.2, 0.25) is 0 Å². The summed E-state index contributed by atoms with van der Waals surface area (Å²) >= 11 is 0. The van der Waals surface area contributed by atoms with Gasteiger partial charge >= 0.3 is 5.97 Å². The van der Waals surface area contributed by atoms with Gasteiger partial charge in [-0.2, -0.15) is 4.80 Å². The predicted molar refractivity (Wildman–Crippen MR) is 64.1 cm³/mol. The third-order valence-corrected chi connectivity index (χ3v) is 2.56. The van der Waals surface area contributed by atoms with Gasteiger partial charge in [0.05, 0.1) is 0 Å². The summed E-state index contributed by atoms with van der Waals surface area (Å²) in [6.07, 6.45) is 1.57. The van der Waals surface area contributed by atoms with Gasteiger partial charge in [0.15, 0.2) is 12.4 Å². The summed E-state index contributed by atoms with van der Waals surface area (Å²) in [6, 6.07) is 8.18. The summed E-state index contributed by atoms with van der Waals surface area (Å²) < 4.78 is 0. The zero-order valence-corrected chi connectivity index (χ0v) is 10.1. The molecule has 18 heavy (non-hydrogen) atoms. The number of nitrogens with zero attached hydrogens (tertiary/aromatic N) is 4. The Morgan fingerprint density at radius 1 is 1.28 bits per heavy atom. The average molecular weight is 246 g/mol. The second-order valence-corrected chi connectivity index (χ2v) is 3.98. The monoisotopic (exact) mass is 246 g/mol. The van der Waals surface area contributed by atoms with Crippen molar-refractivity contribution >= 4 is 5.97 Å². The number of hydrogen-bond acceptors (Lipinski definition) is 4. The molecule has 0 spiro atoms. The molecule has 0 saturated heterocycles. The first kappa shape index (κ1) is 12.2. The van der Waals surface area contributed by atoms with Crippen LogP contribution in [-0.4, -0.2) is 31.3 Å². The van der Waals surface area contributed by atoms with Crippen molar-refractivity contribution in [1.29, 1.82) is 0 Å². The second-order valence-electron chi connectivity index (χ2n) is 3.98. The number of aryl methyl sites for hydroxylation is 1. The minimum atomic E-state index is -0.980. The highest BCUT2D eigenvalue weighted by molar-refractivity contribution is 5.66. The Kier molecular flexibility index (Phi) is 3.66. The maximum Gasteiger partial charge on any atom is 0.327 e. The molecule has 1 aromatic heterocycles. The number of carboxylic acids is 1. The number of aromatic nitrogens is 4. The van der Waals surface area contributed by atoms with E-state index < -0.39 is 5.97 Å². The fourth-order valence-corrected chi connectivity index (χ4v) is 1.61. The van der Waals surface area contributed by atoms with Gasteiger partial charge in [-0.05, 0) is 22.8 Å². The van der Waals surface area contributed by atoms with Gasteiger partial charge in [-0.25, -0.2) is 0 Å². The molecule has 6 nitrogen and oxygen atoms in total. The third-order valence-electron chi connectivity index (χ3n) is 2.56. The van der Waals surface area contributed by atoms with Crippen LogP contribution in [0.3, 0.4) is 0 Å². The smallest absolute Gasteiger partial charge is 0.327 e. The normalized spacial score (nSPS) is 10.5. The topological polar surface area (TPSA) is 80.9 Å². The fourth-order valence-electron chi connectivity index (χ4n) is 1.61. The molecule has 6 heteroatoms. The summed E-state index contributed by atoms with van der Waals surface area (Å²) in [5, 5.41) is 20.1. The van der Waals surface area contributed by atoms with Crippen LogP contribution in [0, 0.1) is 0 Å². The minimum Gasteiger partial charge on any atom is -0.480 e. The molecule has 1 heterocycles.